The fraction of sp³-hybridized carbons (Fsp3) is 0.615. The summed E-state index contributed by atoms with van der Waals surface area (Å²) in [5.41, 5.74) is -0.404. The predicted molar refractivity (Wildman–Crippen MR) is 72.1 cm³/mol. The van der Waals surface area contributed by atoms with Crippen molar-refractivity contribution < 1.29 is 9.84 Å². The molecular formula is C13H19ClN2O2. The van der Waals surface area contributed by atoms with Gasteiger partial charge in [-0.15, -0.1) is 0 Å². The molecule has 1 atom stereocenters. The number of anilines is 1. The molecule has 1 aromatic heterocycles. The van der Waals surface area contributed by atoms with Crippen LogP contribution in [-0.4, -0.2) is 35.9 Å². The lowest BCUT2D eigenvalue weighted by Gasteiger charge is -2.35. The fourth-order valence-corrected chi connectivity index (χ4v) is 2.21. The fourth-order valence-electron chi connectivity index (χ4n) is 2.01. The highest BCUT2D eigenvalue weighted by Crippen LogP contribution is 2.27. The standard InChI is InChI=1S/C13H19ClN2O2/c1-9-8-18-5-4-16(9)12-7-10(14)6-11(15-12)13(2,3)17/h6-7,9,17H,4-5,8H2,1-3H3/t9-/m1/s1. The first kappa shape index (κ1) is 13.6. The first-order chi connectivity index (χ1) is 8.38. The monoisotopic (exact) mass is 270 g/mol. The number of pyridine rings is 1. The number of hydrogen-bond donors (Lipinski definition) is 1. The number of halogens is 1. The minimum atomic E-state index is -0.991. The van der Waals surface area contributed by atoms with Gasteiger partial charge in [-0.25, -0.2) is 4.98 Å². The van der Waals surface area contributed by atoms with E-state index in [1.165, 1.54) is 0 Å². The second kappa shape index (κ2) is 5.03. The summed E-state index contributed by atoms with van der Waals surface area (Å²) in [6, 6.07) is 3.80. The first-order valence-electron chi connectivity index (χ1n) is 6.13. The molecule has 1 aliphatic rings. The first-order valence-corrected chi connectivity index (χ1v) is 6.50. The molecule has 2 heterocycles. The van der Waals surface area contributed by atoms with E-state index in [0.29, 0.717) is 23.9 Å². The van der Waals surface area contributed by atoms with Crippen LogP contribution < -0.4 is 4.90 Å². The Morgan fingerprint density at radius 1 is 1.50 bits per heavy atom. The summed E-state index contributed by atoms with van der Waals surface area (Å²) in [5.74, 6) is 0.801. The van der Waals surface area contributed by atoms with E-state index in [9.17, 15) is 5.11 Å². The largest absolute Gasteiger partial charge is 0.384 e. The second-order valence-electron chi connectivity index (χ2n) is 5.21. The Balaban J connectivity index is 2.35. The Bertz CT molecular complexity index is 431. The Kier molecular flexibility index (Phi) is 3.80. The second-order valence-corrected chi connectivity index (χ2v) is 5.64. The van der Waals surface area contributed by atoms with E-state index in [-0.39, 0.29) is 6.04 Å². The summed E-state index contributed by atoms with van der Waals surface area (Å²) in [6.45, 7) is 7.67. The molecule has 0 spiro atoms. The molecule has 0 aliphatic carbocycles. The maximum Gasteiger partial charge on any atom is 0.130 e. The van der Waals surface area contributed by atoms with Crippen molar-refractivity contribution in [1.29, 1.82) is 0 Å². The van der Waals surface area contributed by atoms with Crippen LogP contribution in [0.2, 0.25) is 5.02 Å². The number of aliphatic hydroxyl groups is 1. The van der Waals surface area contributed by atoms with Crippen molar-refractivity contribution in [2.75, 3.05) is 24.7 Å². The summed E-state index contributed by atoms with van der Waals surface area (Å²) in [5, 5.41) is 10.6. The Labute approximate surface area is 113 Å². The molecule has 100 valence electrons. The molecule has 1 N–H and O–H groups in total. The summed E-state index contributed by atoms with van der Waals surface area (Å²) in [4.78, 5) is 6.67. The SMILES string of the molecule is C[C@@H]1COCCN1c1cc(Cl)cc(C(C)(C)O)n1. The highest BCUT2D eigenvalue weighted by atomic mass is 35.5. The van der Waals surface area contributed by atoms with Crippen molar-refractivity contribution in [3.63, 3.8) is 0 Å². The molecule has 0 radical (unpaired) electrons. The molecule has 0 amide bonds. The van der Waals surface area contributed by atoms with Crippen LogP contribution in [0, 0.1) is 0 Å². The zero-order valence-corrected chi connectivity index (χ0v) is 11.7. The zero-order chi connectivity index (χ0) is 13.3. The Morgan fingerprint density at radius 3 is 2.83 bits per heavy atom. The molecule has 2 rings (SSSR count). The number of ether oxygens (including phenoxy) is 1. The maximum absolute atomic E-state index is 10.0. The van der Waals surface area contributed by atoms with Gasteiger partial charge < -0.3 is 14.7 Å². The quantitative estimate of drug-likeness (QED) is 0.895. The van der Waals surface area contributed by atoms with Gasteiger partial charge in [-0.1, -0.05) is 11.6 Å². The molecule has 0 aromatic carbocycles. The minimum absolute atomic E-state index is 0.263. The average molecular weight is 271 g/mol. The molecule has 1 saturated heterocycles. The van der Waals surface area contributed by atoms with Gasteiger partial charge >= 0.3 is 0 Å². The van der Waals surface area contributed by atoms with E-state index in [4.69, 9.17) is 16.3 Å². The topological polar surface area (TPSA) is 45.6 Å². The molecule has 5 heteroatoms. The van der Waals surface area contributed by atoms with Gasteiger partial charge in [-0.3, -0.25) is 0 Å². The van der Waals surface area contributed by atoms with E-state index in [0.717, 1.165) is 12.4 Å². The Morgan fingerprint density at radius 2 is 2.22 bits per heavy atom. The van der Waals surface area contributed by atoms with Crippen LogP contribution in [0.1, 0.15) is 26.5 Å². The predicted octanol–water partition coefficient (Wildman–Crippen LogP) is 2.19. The van der Waals surface area contributed by atoms with Crippen molar-refractivity contribution in [3.8, 4) is 0 Å². The lowest BCUT2D eigenvalue weighted by Crippen LogP contribution is -2.44. The van der Waals surface area contributed by atoms with Gasteiger partial charge in [0.05, 0.1) is 24.9 Å². The molecule has 1 aliphatic heterocycles. The molecule has 0 unspecified atom stereocenters. The number of rotatable bonds is 2. The Hall–Kier alpha value is -0.840. The minimum Gasteiger partial charge on any atom is -0.384 e. The summed E-state index contributed by atoms with van der Waals surface area (Å²) >= 11 is 6.11. The molecular weight excluding hydrogens is 252 g/mol. The van der Waals surface area contributed by atoms with Crippen LogP contribution >= 0.6 is 11.6 Å². The van der Waals surface area contributed by atoms with E-state index in [1.807, 2.05) is 6.07 Å². The average Bonchev–Trinajstić information content (AvgIpc) is 2.27. The van der Waals surface area contributed by atoms with Crippen LogP contribution in [0.3, 0.4) is 0 Å². The van der Waals surface area contributed by atoms with Gasteiger partial charge in [-0.2, -0.15) is 0 Å². The van der Waals surface area contributed by atoms with Crippen LogP contribution in [-0.2, 0) is 10.3 Å². The van der Waals surface area contributed by atoms with Crippen LogP contribution in [0.5, 0.6) is 0 Å². The van der Waals surface area contributed by atoms with Crippen LogP contribution in [0.15, 0.2) is 12.1 Å². The van der Waals surface area contributed by atoms with Gasteiger partial charge in [-0.05, 0) is 32.9 Å². The number of nitrogens with zero attached hydrogens (tertiary/aromatic N) is 2. The van der Waals surface area contributed by atoms with E-state index in [2.05, 4.69) is 16.8 Å². The number of aromatic nitrogens is 1. The van der Waals surface area contributed by atoms with Crippen molar-refractivity contribution in [2.24, 2.45) is 0 Å². The van der Waals surface area contributed by atoms with Crippen molar-refractivity contribution >= 4 is 17.4 Å². The lowest BCUT2D eigenvalue weighted by atomic mass is 10.0. The molecule has 0 saturated carbocycles. The van der Waals surface area contributed by atoms with E-state index >= 15 is 0 Å². The normalized spacial score (nSPS) is 21.2. The zero-order valence-electron chi connectivity index (χ0n) is 11.0. The highest BCUT2D eigenvalue weighted by Gasteiger charge is 2.24. The van der Waals surface area contributed by atoms with Gasteiger partial charge in [0, 0.05) is 11.6 Å². The number of hydrogen-bond acceptors (Lipinski definition) is 4. The van der Waals surface area contributed by atoms with Gasteiger partial charge in [0.25, 0.3) is 0 Å². The van der Waals surface area contributed by atoms with E-state index in [1.54, 1.807) is 19.9 Å². The van der Waals surface area contributed by atoms with Gasteiger partial charge in [0.15, 0.2) is 0 Å². The van der Waals surface area contributed by atoms with Crippen LogP contribution in [0.25, 0.3) is 0 Å². The van der Waals surface area contributed by atoms with Gasteiger partial charge in [0.2, 0.25) is 0 Å². The molecule has 0 bridgehead atoms. The summed E-state index contributed by atoms with van der Waals surface area (Å²) < 4.78 is 5.41. The van der Waals surface area contributed by atoms with E-state index < -0.39 is 5.60 Å². The maximum atomic E-state index is 10.0. The third-order valence-corrected chi connectivity index (χ3v) is 3.28. The van der Waals surface area contributed by atoms with Crippen LogP contribution in [0.4, 0.5) is 5.82 Å². The third-order valence-electron chi connectivity index (χ3n) is 3.07. The van der Waals surface area contributed by atoms with Crippen molar-refractivity contribution in [3.05, 3.63) is 22.8 Å². The molecule has 1 aromatic rings. The number of morpholine rings is 1. The molecule has 18 heavy (non-hydrogen) atoms. The lowest BCUT2D eigenvalue weighted by molar-refractivity contribution is 0.0735. The van der Waals surface area contributed by atoms with Crippen molar-refractivity contribution in [2.45, 2.75) is 32.4 Å². The van der Waals surface area contributed by atoms with Crippen molar-refractivity contribution in [1.82, 2.24) is 4.98 Å². The highest BCUT2D eigenvalue weighted by molar-refractivity contribution is 6.30. The third kappa shape index (κ3) is 2.94. The molecule has 1 fully saturated rings. The summed E-state index contributed by atoms with van der Waals surface area (Å²) in [7, 11) is 0. The van der Waals surface area contributed by atoms with Gasteiger partial charge in [0.1, 0.15) is 11.4 Å². The smallest absolute Gasteiger partial charge is 0.130 e. The summed E-state index contributed by atoms with van der Waals surface area (Å²) in [6.07, 6.45) is 0. The molecule has 4 nitrogen and oxygen atoms in total.